The zero-order chi connectivity index (χ0) is 13.2. The Morgan fingerprint density at radius 3 is 2.68 bits per heavy atom. The highest BCUT2D eigenvalue weighted by Gasteiger charge is 2.26. The van der Waals surface area contributed by atoms with Crippen molar-refractivity contribution in [3.8, 4) is 0 Å². The van der Waals surface area contributed by atoms with Crippen molar-refractivity contribution in [2.75, 3.05) is 0 Å². The van der Waals surface area contributed by atoms with Crippen molar-refractivity contribution in [1.82, 2.24) is 4.98 Å². The molecular formula is C16H15FN2. The van der Waals surface area contributed by atoms with Crippen LogP contribution in [0.5, 0.6) is 0 Å². The first kappa shape index (κ1) is 12.1. The number of hydrogen-bond donors (Lipinski definition) is 0. The van der Waals surface area contributed by atoms with Crippen LogP contribution in [0.1, 0.15) is 37.2 Å². The molecule has 0 aliphatic heterocycles. The number of fused-ring (bicyclic) bond motifs is 1. The van der Waals surface area contributed by atoms with Gasteiger partial charge in [-0.2, -0.15) is 0 Å². The van der Waals surface area contributed by atoms with Gasteiger partial charge in [-0.3, -0.25) is 4.98 Å². The second-order valence-electron chi connectivity index (χ2n) is 5.20. The van der Waals surface area contributed by atoms with Gasteiger partial charge in [0.05, 0.1) is 5.52 Å². The third kappa shape index (κ3) is 2.31. The summed E-state index contributed by atoms with van der Waals surface area (Å²) < 4.78 is 13.4. The number of halogens is 1. The first-order valence-corrected chi connectivity index (χ1v) is 6.68. The van der Waals surface area contributed by atoms with Crippen molar-refractivity contribution in [2.45, 2.75) is 37.6 Å². The molecule has 1 aromatic carbocycles. The molecule has 1 aliphatic carbocycles. The minimum Gasteiger partial charge on any atom is -0.314 e. The van der Waals surface area contributed by atoms with Crippen molar-refractivity contribution in [3.05, 3.63) is 53.3 Å². The zero-order valence-electron chi connectivity index (χ0n) is 10.6. The lowest BCUT2D eigenvalue weighted by Gasteiger charge is -2.24. The molecule has 0 spiro atoms. The summed E-state index contributed by atoms with van der Waals surface area (Å²) in [5, 5.41) is 0.925. The molecule has 0 atom stereocenters. The molecule has 0 N–H and O–H groups in total. The summed E-state index contributed by atoms with van der Waals surface area (Å²) in [6.07, 6.45) is 5.74. The number of nitrogens with zero attached hydrogens (tertiary/aromatic N) is 2. The summed E-state index contributed by atoms with van der Waals surface area (Å²) in [7, 11) is 0. The summed E-state index contributed by atoms with van der Waals surface area (Å²) in [5.41, 5.74) is 2.04. The van der Waals surface area contributed by atoms with Gasteiger partial charge in [-0.1, -0.05) is 0 Å². The Morgan fingerprint density at radius 2 is 1.95 bits per heavy atom. The number of rotatable bonds is 1. The molecule has 1 fully saturated rings. The van der Waals surface area contributed by atoms with E-state index in [1.54, 1.807) is 18.3 Å². The number of pyridine rings is 1. The van der Waals surface area contributed by atoms with E-state index < -0.39 is 0 Å². The average Bonchev–Trinajstić information content (AvgIpc) is 2.47. The summed E-state index contributed by atoms with van der Waals surface area (Å²) >= 11 is 0. The second-order valence-corrected chi connectivity index (χ2v) is 5.20. The maximum atomic E-state index is 13.4. The van der Waals surface area contributed by atoms with Crippen LogP contribution in [0.3, 0.4) is 0 Å². The summed E-state index contributed by atoms with van der Waals surface area (Å²) in [6.45, 7) is 7.09. The number of hydrogen-bond acceptors (Lipinski definition) is 1. The maximum absolute atomic E-state index is 13.4. The van der Waals surface area contributed by atoms with Crippen LogP contribution in [0.4, 0.5) is 4.39 Å². The molecule has 1 saturated carbocycles. The summed E-state index contributed by atoms with van der Waals surface area (Å²) in [6, 6.07) is 6.96. The standard InChI is InChI=1S/C16H15FN2/c1-18-13-5-2-11(3-6-13)14-8-9-19-16-7-4-12(17)10-15(14)16/h4,7-11,13H,2-3,5-6H2. The Labute approximate surface area is 112 Å². The third-order valence-corrected chi connectivity index (χ3v) is 4.06. The molecule has 3 rings (SSSR count). The predicted octanol–water partition coefficient (Wildman–Crippen LogP) is 4.32. The summed E-state index contributed by atoms with van der Waals surface area (Å²) in [5.74, 6) is 0.224. The molecule has 3 heteroatoms. The second kappa shape index (κ2) is 4.97. The Kier molecular flexibility index (Phi) is 3.16. The van der Waals surface area contributed by atoms with Gasteiger partial charge >= 0.3 is 0 Å². The van der Waals surface area contributed by atoms with Crippen LogP contribution in [0.25, 0.3) is 15.7 Å². The van der Waals surface area contributed by atoms with Gasteiger partial charge in [0.25, 0.3) is 0 Å². The van der Waals surface area contributed by atoms with Gasteiger partial charge in [0.2, 0.25) is 6.04 Å². The van der Waals surface area contributed by atoms with E-state index in [-0.39, 0.29) is 11.9 Å². The topological polar surface area (TPSA) is 17.2 Å². The molecule has 0 amide bonds. The molecule has 0 unspecified atom stereocenters. The van der Waals surface area contributed by atoms with Gasteiger partial charge in [0.1, 0.15) is 5.82 Å². The van der Waals surface area contributed by atoms with Crippen LogP contribution in [0.2, 0.25) is 0 Å². The van der Waals surface area contributed by atoms with E-state index >= 15 is 0 Å². The molecule has 2 aromatic rings. The fourth-order valence-electron chi connectivity index (χ4n) is 3.01. The van der Waals surface area contributed by atoms with Crippen molar-refractivity contribution < 1.29 is 4.39 Å². The first-order valence-electron chi connectivity index (χ1n) is 6.68. The van der Waals surface area contributed by atoms with Gasteiger partial charge in [-0.25, -0.2) is 11.0 Å². The van der Waals surface area contributed by atoms with Gasteiger partial charge < -0.3 is 4.85 Å². The molecule has 2 nitrogen and oxygen atoms in total. The van der Waals surface area contributed by atoms with Crippen molar-refractivity contribution in [1.29, 1.82) is 0 Å². The predicted molar refractivity (Wildman–Crippen MR) is 73.3 cm³/mol. The molecule has 1 aliphatic rings. The van der Waals surface area contributed by atoms with Crippen LogP contribution >= 0.6 is 0 Å². The van der Waals surface area contributed by atoms with E-state index in [1.807, 2.05) is 6.07 Å². The van der Waals surface area contributed by atoms with Crippen molar-refractivity contribution in [2.24, 2.45) is 0 Å². The molecule has 96 valence electrons. The maximum Gasteiger partial charge on any atom is 0.223 e. The molecule has 19 heavy (non-hydrogen) atoms. The highest BCUT2D eigenvalue weighted by atomic mass is 19.1. The minimum absolute atomic E-state index is 0.182. The Balaban J connectivity index is 1.97. The van der Waals surface area contributed by atoms with E-state index in [0.717, 1.165) is 36.6 Å². The van der Waals surface area contributed by atoms with Crippen LogP contribution in [-0.4, -0.2) is 11.0 Å². The fraction of sp³-hybridized carbons (Fsp3) is 0.375. The van der Waals surface area contributed by atoms with E-state index in [0.29, 0.717) is 5.92 Å². The first-order chi connectivity index (χ1) is 9.28. The molecule has 1 aromatic heterocycles. The monoisotopic (exact) mass is 254 g/mol. The lowest BCUT2D eigenvalue weighted by molar-refractivity contribution is 0.427. The SMILES string of the molecule is [C-]#[N+]C1CCC(c2ccnc3ccc(F)cc23)CC1. The van der Waals surface area contributed by atoms with Gasteiger partial charge in [-0.05, 0) is 48.6 Å². The lowest BCUT2D eigenvalue weighted by atomic mass is 9.81. The van der Waals surface area contributed by atoms with Crippen LogP contribution in [0, 0.1) is 12.4 Å². The molecule has 0 bridgehead atoms. The lowest BCUT2D eigenvalue weighted by Crippen LogP contribution is -2.15. The van der Waals surface area contributed by atoms with E-state index in [2.05, 4.69) is 9.83 Å². The molecule has 0 radical (unpaired) electrons. The minimum atomic E-state index is -0.211. The fourth-order valence-corrected chi connectivity index (χ4v) is 3.01. The Hall–Kier alpha value is -1.95. The van der Waals surface area contributed by atoms with E-state index in [4.69, 9.17) is 6.57 Å². The van der Waals surface area contributed by atoms with Crippen molar-refractivity contribution in [3.63, 3.8) is 0 Å². The van der Waals surface area contributed by atoms with Crippen LogP contribution in [0.15, 0.2) is 30.5 Å². The summed E-state index contributed by atoms with van der Waals surface area (Å²) in [4.78, 5) is 7.92. The smallest absolute Gasteiger partial charge is 0.223 e. The quantitative estimate of drug-likeness (QED) is 0.693. The highest BCUT2D eigenvalue weighted by Crippen LogP contribution is 2.36. The molecular weight excluding hydrogens is 239 g/mol. The largest absolute Gasteiger partial charge is 0.314 e. The van der Waals surface area contributed by atoms with Crippen LogP contribution < -0.4 is 0 Å². The number of aromatic nitrogens is 1. The van der Waals surface area contributed by atoms with E-state index in [9.17, 15) is 4.39 Å². The van der Waals surface area contributed by atoms with Gasteiger partial charge in [0, 0.05) is 24.4 Å². The third-order valence-electron chi connectivity index (χ3n) is 4.06. The average molecular weight is 254 g/mol. The van der Waals surface area contributed by atoms with Gasteiger partial charge in [0.15, 0.2) is 0 Å². The van der Waals surface area contributed by atoms with Crippen molar-refractivity contribution >= 4 is 10.9 Å². The number of benzene rings is 1. The molecule has 0 saturated heterocycles. The zero-order valence-corrected chi connectivity index (χ0v) is 10.6. The Bertz CT molecular complexity index is 637. The van der Waals surface area contributed by atoms with Gasteiger partial charge in [-0.15, -0.1) is 0 Å². The van der Waals surface area contributed by atoms with Crippen LogP contribution in [-0.2, 0) is 0 Å². The van der Waals surface area contributed by atoms with E-state index in [1.165, 1.54) is 11.6 Å². The highest BCUT2D eigenvalue weighted by molar-refractivity contribution is 5.82. The normalized spacial score (nSPS) is 23.2. The Morgan fingerprint density at radius 1 is 1.16 bits per heavy atom. The molecule has 1 heterocycles.